The van der Waals surface area contributed by atoms with Gasteiger partial charge in [-0.3, -0.25) is 9.59 Å². The summed E-state index contributed by atoms with van der Waals surface area (Å²) in [6.45, 7) is 6.91. The Morgan fingerprint density at radius 2 is 1.93 bits per heavy atom. The van der Waals surface area contributed by atoms with Crippen molar-refractivity contribution in [2.45, 2.75) is 33.2 Å². The molecular weight excluding hydrogens is 352 g/mol. The SMILES string of the molecule is Cc1cccc(C(=O)NC(C(=O)NCC2COc3ccccc3C2)C(C)C)c1. The third-order valence-electron chi connectivity index (χ3n) is 5.04. The zero-order valence-electron chi connectivity index (χ0n) is 16.7. The monoisotopic (exact) mass is 380 g/mol. The molecule has 0 aliphatic carbocycles. The van der Waals surface area contributed by atoms with Crippen LogP contribution in [0.4, 0.5) is 0 Å². The zero-order chi connectivity index (χ0) is 20.1. The van der Waals surface area contributed by atoms with E-state index in [0.29, 0.717) is 18.7 Å². The number of para-hydroxylation sites is 1. The van der Waals surface area contributed by atoms with Crippen LogP contribution in [-0.2, 0) is 11.2 Å². The quantitative estimate of drug-likeness (QED) is 0.809. The van der Waals surface area contributed by atoms with Crippen LogP contribution in [0.15, 0.2) is 48.5 Å². The third-order valence-corrected chi connectivity index (χ3v) is 5.04. The van der Waals surface area contributed by atoms with E-state index in [1.54, 1.807) is 6.07 Å². The predicted molar refractivity (Wildman–Crippen MR) is 109 cm³/mol. The molecule has 0 bridgehead atoms. The molecule has 0 saturated heterocycles. The summed E-state index contributed by atoms with van der Waals surface area (Å²) < 4.78 is 5.79. The first-order valence-corrected chi connectivity index (χ1v) is 9.80. The van der Waals surface area contributed by atoms with Gasteiger partial charge in [-0.05, 0) is 43.0 Å². The van der Waals surface area contributed by atoms with Gasteiger partial charge in [-0.25, -0.2) is 0 Å². The Morgan fingerprint density at radius 1 is 1.14 bits per heavy atom. The van der Waals surface area contributed by atoms with Crippen molar-refractivity contribution in [2.24, 2.45) is 11.8 Å². The molecule has 28 heavy (non-hydrogen) atoms. The molecule has 5 nitrogen and oxygen atoms in total. The molecule has 2 aromatic rings. The first kappa shape index (κ1) is 19.9. The number of carbonyl (C=O) groups is 2. The number of carbonyl (C=O) groups excluding carboxylic acids is 2. The number of benzene rings is 2. The Hall–Kier alpha value is -2.82. The van der Waals surface area contributed by atoms with Crippen LogP contribution >= 0.6 is 0 Å². The maximum Gasteiger partial charge on any atom is 0.251 e. The van der Waals surface area contributed by atoms with Gasteiger partial charge in [-0.15, -0.1) is 0 Å². The smallest absolute Gasteiger partial charge is 0.251 e. The van der Waals surface area contributed by atoms with Crippen LogP contribution in [0.1, 0.15) is 35.3 Å². The molecule has 1 aliphatic heterocycles. The highest BCUT2D eigenvalue weighted by Gasteiger charge is 2.26. The molecule has 3 rings (SSSR count). The van der Waals surface area contributed by atoms with Crippen molar-refractivity contribution in [3.05, 3.63) is 65.2 Å². The lowest BCUT2D eigenvalue weighted by atomic mass is 9.96. The molecule has 1 heterocycles. The fourth-order valence-electron chi connectivity index (χ4n) is 3.42. The summed E-state index contributed by atoms with van der Waals surface area (Å²) in [5, 5.41) is 5.88. The van der Waals surface area contributed by atoms with Gasteiger partial charge in [0.15, 0.2) is 0 Å². The van der Waals surface area contributed by atoms with Gasteiger partial charge in [0.1, 0.15) is 11.8 Å². The largest absolute Gasteiger partial charge is 0.493 e. The number of ether oxygens (including phenoxy) is 1. The van der Waals surface area contributed by atoms with Crippen molar-refractivity contribution in [1.29, 1.82) is 0 Å². The van der Waals surface area contributed by atoms with Crippen LogP contribution in [0, 0.1) is 18.8 Å². The molecular formula is C23H28N2O3. The second kappa shape index (κ2) is 8.91. The highest BCUT2D eigenvalue weighted by molar-refractivity contribution is 5.97. The Labute approximate surface area is 166 Å². The molecule has 148 valence electrons. The van der Waals surface area contributed by atoms with E-state index in [0.717, 1.165) is 17.7 Å². The van der Waals surface area contributed by atoms with E-state index >= 15 is 0 Å². The lowest BCUT2D eigenvalue weighted by Crippen LogP contribution is -2.51. The summed E-state index contributed by atoms with van der Waals surface area (Å²) in [6.07, 6.45) is 0.873. The van der Waals surface area contributed by atoms with Gasteiger partial charge in [-0.2, -0.15) is 0 Å². The summed E-state index contributed by atoms with van der Waals surface area (Å²) in [5.41, 5.74) is 2.74. The lowest BCUT2D eigenvalue weighted by molar-refractivity contribution is -0.124. The average Bonchev–Trinajstić information content (AvgIpc) is 2.69. The molecule has 5 heteroatoms. The highest BCUT2D eigenvalue weighted by Crippen LogP contribution is 2.26. The first-order valence-electron chi connectivity index (χ1n) is 9.80. The molecule has 2 N–H and O–H groups in total. The number of hydrogen-bond acceptors (Lipinski definition) is 3. The zero-order valence-corrected chi connectivity index (χ0v) is 16.7. The molecule has 2 amide bonds. The van der Waals surface area contributed by atoms with Crippen molar-refractivity contribution in [1.82, 2.24) is 10.6 Å². The number of rotatable bonds is 6. The maximum absolute atomic E-state index is 12.7. The minimum Gasteiger partial charge on any atom is -0.493 e. The van der Waals surface area contributed by atoms with Gasteiger partial charge in [0.25, 0.3) is 5.91 Å². The molecule has 0 fully saturated rings. The summed E-state index contributed by atoms with van der Waals surface area (Å²) in [6, 6.07) is 14.8. The van der Waals surface area contributed by atoms with Crippen LogP contribution in [0.3, 0.4) is 0 Å². The van der Waals surface area contributed by atoms with Crippen molar-refractivity contribution in [2.75, 3.05) is 13.2 Å². The molecule has 0 spiro atoms. The van der Waals surface area contributed by atoms with E-state index in [1.807, 2.05) is 57.2 Å². The van der Waals surface area contributed by atoms with Crippen LogP contribution in [0.25, 0.3) is 0 Å². The Morgan fingerprint density at radius 3 is 2.68 bits per heavy atom. The van der Waals surface area contributed by atoms with Gasteiger partial charge in [-0.1, -0.05) is 49.7 Å². The van der Waals surface area contributed by atoms with E-state index in [1.165, 1.54) is 5.56 Å². The van der Waals surface area contributed by atoms with Gasteiger partial charge in [0, 0.05) is 18.0 Å². The minimum absolute atomic E-state index is 0.0166. The number of hydrogen-bond donors (Lipinski definition) is 2. The molecule has 0 radical (unpaired) electrons. The van der Waals surface area contributed by atoms with Gasteiger partial charge < -0.3 is 15.4 Å². The van der Waals surface area contributed by atoms with E-state index in [-0.39, 0.29) is 23.7 Å². The average molecular weight is 380 g/mol. The van der Waals surface area contributed by atoms with Crippen LogP contribution in [-0.4, -0.2) is 31.0 Å². The second-order valence-electron chi connectivity index (χ2n) is 7.80. The van der Waals surface area contributed by atoms with Crippen molar-refractivity contribution < 1.29 is 14.3 Å². The fourth-order valence-corrected chi connectivity index (χ4v) is 3.42. The van der Waals surface area contributed by atoms with E-state index < -0.39 is 6.04 Å². The maximum atomic E-state index is 12.7. The Bertz CT molecular complexity index is 847. The van der Waals surface area contributed by atoms with Gasteiger partial charge in [0.2, 0.25) is 5.91 Å². The molecule has 0 aromatic heterocycles. The van der Waals surface area contributed by atoms with Crippen molar-refractivity contribution in [3.63, 3.8) is 0 Å². The Balaban J connectivity index is 1.57. The number of fused-ring (bicyclic) bond motifs is 1. The number of aryl methyl sites for hydroxylation is 1. The second-order valence-corrected chi connectivity index (χ2v) is 7.80. The molecule has 0 saturated carbocycles. The van der Waals surface area contributed by atoms with Gasteiger partial charge in [0.05, 0.1) is 6.61 Å². The van der Waals surface area contributed by atoms with Crippen LogP contribution in [0.2, 0.25) is 0 Å². The van der Waals surface area contributed by atoms with E-state index in [9.17, 15) is 9.59 Å². The van der Waals surface area contributed by atoms with Crippen LogP contribution in [0.5, 0.6) is 5.75 Å². The van der Waals surface area contributed by atoms with Crippen molar-refractivity contribution >= 4 is 11.8 Å². The normalized spacial score (nSPS) is 16.6. The lowest BCUT2D eigenvalue weighted by Gasteiger charge is -2.27. The number of nitrogens with one attached hydrogen (secondary N) is 2. The molecule has 2 aromatic carbocycles. The minimum atomic E-state index is -0.579. The topological polar surface area (TPSA) is 67.4 Å². The summed E-state index contributed by atoms with van der Waals surface area (Å²) in [7, 11) is 0. The van der Waals surface area contributed by atoms with Gasteiger partial charge >= 0.3 is 0 Å². The van der Waals surface area contributed by atoms with E-state index in [2.05, 4.69) is 16.7 Å². The van der Waals surface area contributed by atoms with Crippen molar-refractivity contribution in [3.8, 4) is 5.75 Å². The number of amides is 2. The third kappa shape index (κ3) is 4.91. The standard InChI is InChI=1S/C23H28N2O3/c1-15(2)21(25-22(26)19-9-6-7-16(3)11-19)23(27)24-13-17-12-18-8-4-5-10-20(18)28-14-17/h4-11,15,17,21H,12-14H2,1-3H3,(H,24,27)(H,25,26). The molecule has 2 unspecified atom stereocenters. The summed E-state index contributed by atoms with van der Waals surface area (Å²) in [4.78, 5) is 25.3. The molecule has 1 aliphatic rings. The fraction of sp³-hybridized carbons (Fsp3) is 0.391. The first-order chi connectivity index (χ1) is 13.4. The highest BCUT2D eigenvalue weighted by atomic mass is 16.5. The van der Waals surface area contributed by atoms with Crippen LogP contribution < -0.4 is 15.4 Å². The summed E-state index contributed by atoms with van der Waals surface area (Å²) in [5.74, 6) is 0.745. The predicted octanol–water partition coefficient (Wildman–Crippen LogP) is 3.12. The molecule has 2 atom stereocenters. The Kier molecular flexibility index (Phi) is 6.34. The summed E-state index contributed by atoms with van der Waals surface area (Å²) >= 11 is 0. The van der Waals surface area contributed by atoms with E-state index in [4.69, 9.17) is 4.74 Å².